The van der Waals surface area contributed by atoms with Crippen LogP contribution in [0.15, 0.2) is 41.8 Å². The van der Waals surface area contributed by atoms with Crippen LogP contribution < -0.4 is 10.1 Å². The number of rotatable bonds is 4. The smallest absolute Gasteiger partial charge is 0.330 e. The number of hydrogen-bond donors (Lipinski definition) is 1. The number of ether oxygens (including phenoxy) is 1. The highest BCUT2D eigenvalue weighted by molar-refractivity contribution is 7.12. The molecule has 0 bridgehead atoms. The van der Waals surface area contributed by atoms with E-state index < -0.39 is 5.97 Å². The van der Waals surface area contributed by atoms with Crippen LogP contribution in [0.3, 0.4) is 0 Å². The van der Waals surface area contributed by atoms with E-state index in [0.717, 1.165) is 5.56 Å². The molecule has 0 radical (unpaired) electrons. The summed E-state index contributed by atoms with van der Waals surface area (Å²) in [6.07, 6.45) is 0. The van der Waals surface area contributed by atoms with Crippen molar-refractivity contribution < 1.29 is 14.3 Å². The molecule has 1 aromatic heterocycles. The van der Waals surface area contributed by atoms with E-state index in [9.17, 15) is 9.59 Å². The normalized spacial score (nSPS) is 9.95. The second-order valence-electron chi connectivity index (χ2n) is 3.95. The van der Waals surface area contributed by atoms with Crippen LogP contribution in [0.5, 0.6) is 5.75 Å². The first kappa shape index (κ1) is 13.3. The monoisotopic (exact) mass is 275 g/mol. The third-order valence-electron chi connectivity index (χ3n) is 2.36. The molecule has 0 saturated heterocycles. The van der Waals surface area contributed by atoms with Gasteiger partial charge in [-0.1, -0.05) is 18.2 Å². The summed E-state index contributed by atoms with van der Waals surface area (Å²) >= 11 is 1.32. The van der Waals surface area contributed by atoms with Gasteiger partial charge in [-0.2, -0.15) is 0 Å². The molecule has 0 saturated carbocycles. The molecule has 0 aliphatic heterocycles. The van der Waals surface area contributed by atoms with E-state index in [-0.39, 0.29) is 12.5 Å². The SMILES string of the molecule is Cc1cccc(OC(=O)CNC(=O)c2cccs2)c1. The van der Waals surface area contributed by atoms with Gasteiger partial charge in [0.05, 0.1) is 4.88 Å². The summed E-state index contributed by atoms with van der Waals surface area (Å²) in [4.78, 5) is 23.7. The zero-order valence-corrected chi connectivity index (χ0v) is 11.2. The molecular formula is C14H13NO3S. The second kappa shape index (κ2) is 6.15. The maximum absolute atomic E-state index is 11.6. The molecular weight excluding hydrogens is 262 g/mol. The third kappa shape index (κ3) is 3.93. The summed E-state index contributed by atoms with van der Waals surface area (Å²) in [5.74, 6) is -0.276. The van der Waals surface area contributed by atoms with E-state index in [1.807, 2.05) is 19.1 Å². The maximum atomic E-state index is 11.6. The molecule has 2 aromatic rings. The number of benzene rings is 1. The fourth-order valence-electron chi connectivity index (χ4n) is 1.49. The van der Waals surface area contributed by atoms with Crippen molar-refractivity contribution >= 4 is 23.2 Å². The van der Waals surface area contributed by atoms with Crippen LogP contribution in [0.2, 0.25) is 0 Å². The Morgan fingerprint density at radius 2 is 2.11 bits per heavy atom. The van der Waals surface area contributed by atoms with Gasteiger partial charge in [0.15, 0.2) is 0 Å². The lowest BCUT2D eigenvalue weighted by Crippen LogP contribution is -2.31. The first-order valence-electron chi connectivity index (χ1n) is 5.74. The molecule has 0 aliphatic rings. The summed E-state index contributed by atoms with van der Waals surface area (Å²) < 4.78 is 5.11. The quantitative estimate of drug-likeness (QED) is 0.688. The zero-order valence-electron chi connectivity index (χ0n) is 10.4. The van der Waals surface area contributed by atoms with Crippen molar-refractivity contribution in [1.82, 2.24) is 5.32 Å². The van der Waals surface area contributed by atoms with Crippen LogP contribution in [0.4, 0.5) is 0 Å². The van der Waals surface area contributed by atoms with Crippen molar-refractivity contribution in [2.45, 2.75) is 6.92 Å². The molecule has 1 aromatic carbocycles. The van der Waals surface area contributed by atoms with Crippen molar-refractivity contribution in [2.75, 3.05) is 6.54 Å². The van der Waals surface area contributed by atoms with Crippen LogP contribution in [0, 0.1) is 6.92 Å². The van der Waals surface area contributed by atoms with Crippen molar-refractivity contribution in [1.29, 1.82) is 0 Å². The second-order valence-corrected chi connectivity index (χ2v) is 4.90. The Kier molecular flexibility index (Phi) is 4.30. The molecule has 2 rings (SSSR count). The van der Waals surface area contributed by atoms with Gasteiger partial charge < -0.3 is 10.1 Å². The fourth-order valence-corrected chi connectivity index (χ4v) is 2.13. The molecule has 98 valence electrons. The predicted octanol–water partition coefficient (Wildman–Crippen LogP) is 2.39. The highest BCUT2D eigenvalue weighted by atomic mass is 32.1. The number of esters is 1. The molecule has 0 atom stereocenters. The van der Waals surface area contributed by atoms with Crippen LogP contribution in [-0.4, -0.2) is 18.4 Å². The van der Waals surface area contributed by atoms with Gasteiger partial charge in [0.25, 0.3) is 5.91 Å². The van der Waals surface area contributed by atoms with Crippen molar-refractivity contribution in [2.24, 2.45) is 0 Å². The minimum absolute atomic E-state index is 0.148. The van der Waals surface area contributed by atoms with E-state index >= 15 is 0 Å². The van der Waals surface area contributed by atoms with E-state index in [0.29, 0.717) is 10.6 Å². The number of amides is 1. The van der Waals surface area contributed by atoms with Gasteiger partial charge in [-0.3, -0.25) is 4.79 Å². The van der Waals surface area contributed by atoms with E-state index in [1.165, 1.54) is 11.3 Å². The van der Waals surface area contributed by atoms with Gasteiger partial charge in [-0.25, -0.2) is 4.79 Å². The minimum atomic E-state index is -0.490. The van der Waals surface area contributed by atoms with E-state index in [2.05, 4.69) is 5.32 Å². The van der Waals surface area contributed by atoms with Crippen molar-refractivity contribution in [3.8, 4) is 5.75 Å². The number of carbonyl (C=O) groups excluding carboxylic acids is 2. The Balaban J connectivity index is 1.83. The highest BCUT2D eigenvalue weighted by Crippen LogP contribution is 2.12. The number of hydrogen-bond acceptors (Lipinski definition) is 4. The highest BCUT2D eigenvalue weighted by Gasteiger charge is 2.10. The first-order valence-corrected chi connectivity index (χ1v) is 6.62. The molecule has 1 heterocycles. The van der Waals surface area contributed by atoms with Crippen LogP contribution in [0.1, 0.15) is 15.2 Å². The summed E-state index contributed by atoms with van der Waals surface area (Å²) in [6, 6.07) is 10.7. The Labute approximate surface area is 115 Å². The summed E-state index contributed by atoms with van der Waals surface area (Å²) in [5.41, 5.74) is 1.01. The Bertz CT molecular complexity index is 578. The van der Waals surface area contributed by atoms with Gasteiger partial charge in [0.2, 0.25) is 0 Å². The van der Waals surface area contributed by atoms with Gasteiger partial charge in [0, 0.05) is 0 Å². The summed E-state index contributed by atoms with van der Waals surface area (Å²) in [7, 11) is 0. The standard InChI is InChI=1S/C14H13NO3S/c1-10-4-2-5-11(8-10)18-13(16)9-15-14(17)12-6-3-7-19-12/h2-8H,9H2,1H3,(H,15,17). The number of nitrogens with one attached hydrogen (secondary N) is 1. The van der Waals surface area contributed by atoms with Gasteiger partial charge in [0.1, 0.15) is 12.3 Å². The molecule has 19 heavy (non-hydrogen) atoms. The average Bonchev–Trinajstić information content (AvgIpc) is 2.90. The molecule has 0 spiro atoms. The number of carbonyl (C=O) groups is 2. The summed E-state index contributed by atoms with van der Waals surface area (Å²) in [5, 5.41) is 4.32. The molecule has 0 unspecified atom stereocenters. The van der Waals surface area contributed by atoms with E-state index in [1.54, 1.807) is 29.6 Å². The molecule has 1 N–H and O–H groups in total. The summed E-state index contributed by atoms with van der Waals surface area (Å²) in [6.45, 7) is 1.76. The third-order valence-corrected chi connectivity index (χ3v) is 3.23. The number of aryl methyl sites for hydroxylation is 1. The van der Waals surface area contributed by atoms with Crippen LogP contribution in [0.25, 0.3) is 0 Å². The van der Waals surface area contributed by atoms with Crippen LogP contribution in [-0.2, 0) is 4.79 Å². The van der Waals surface area contributed by atoms with Gasteiger partial charge >= 0.3 is 5.97 Å². The Morgan fingerprint density at radius 1 is 1.26 bits per heavy atom. The zero-order chi connectivity index (χ0) is 13.7. The van der Waals surface area contributed by atoms with Crippen molar-refractivity contribution in [3.63, 3.8) is 0 Å². The minimum Gasteiger partial charge on any atom is -0.425 e. The fraction of sp³-hybridized carbons (Fsp3) is 0.143. The Hall–Kier alpha value is -2.14. The predicted molar refractivity (Wildman–Crippen MR) is 73.5 cm³/mol. The van der Waals surface area contributed by atoms with Crippen LogP contribution >= 0.6 is 11.3 Å². The lowest BCUT2D eigenvalue weighted by atomic mass is 10.2. The molecule has 0 aliphatic carbocycles. The largest absolute Gasteiger partial charge is 0.425 e. The van der Waals surface area contributed by atoms with Crippen molar-refractivity contribution in [3.05, 3.63) is 52.2 Å². The lowest BCUT2D eigenvalue weighted by molar-refractivity contribution is -0.133. The Morgan fingerprint density at radius 3 is 2.79 bits per heavy atom. The molecule has 1 amide bonds. The molecule has 5 heteroatoms. The lowest BCUT2D eigenvalue weighted by Gasteiger charge is -2.05. The molecule has 0 fully saturated rings. The molecule has 4 nitrogen and oxygen atoms in total. The first-order chi connectivity index (χ1) is 9.15. The maximum Gasteiger partial charge on any atom is 0.330 e. The topological polar surface area (TPSA) is 55.4 Å². The van der Waals surface area contributed by atoms with E-state index in [4.69, 9.17) is 4.74 Å². The number of thiophene rings is 1. The van der Waals surface area contributed by atoms with Gasteiger partial charge in [-0.05, 0) is 36.1 Å². The average molecular weight is 275 g/mol. The van der Waals surface area contributed by atoms with Gasteiger partial charge in [-0.15, -0.1) is 11.3 Å².